The first-order valence-corrected chi connectivity index (χ1v) is 8.08. The number of rotatable bonds is 0. The summed E-state index contributed by atoms with van der Waals surface area (Å²) in [6.07, 6.45) is 3.42. The molecule has 1 saturated carbocycles. The number of piperidine rings is 1. The molecule has 0 aromatic rings. The van der Waals surface area contributed by atoms with Crippen LogP contribution in [0.1, 0.15) is 46.5 Å². The van der Waals surface area contributed by atoms with Crippen molar-refractivity contribution in [3.05, 3.63) is 0 Å². The highest BCUT2D eigenvalue weighted by atomic mass is 16.6. The zero-order chi connectivity index (χ0) is 15.3. The standard InChI is InChI=1S/C16H27NO4/c1-15(2,3)21-14(19)17-8-6-16(7-9-17)10-20-12-5-4-11(18)13(12)16/h11-13,18H,4-10H2,1-3H3. The van der Waals surface area contributed by atoms with Gasteiger partial charge in [0.2, 0.25) is 0 Å². The van der Waals surface area contributed by atoms with Crippen molar-refractivity contribution < 1.29 is 19.4 Å². The molecule has 0 radical (unpaired) electrons. The number of aliphatic hydroxyl groups is 1. The molecule has 0 aromatic carbocycles. The van der Waals surface area contributed by atoms with E-state index in [2.05, 4.69) is 0 Å². The van der Waals surface area contributed by atoms with Crippen molar-refractivity contribution in [2.24, 2.45) is 11.3 Å². The fourth-order valence-corrected chi connectivity index (χ4v) is 4.24. The average molecular weight is 297 g/mol. The molecule has 2 saturated heterocycles. The van der Waals surface area contributed by atoms with Gasteiger partial charge in [-0.25, -0.2) is 4.79 Å². The molecule has 5 nitrogen and oxygen atoms in total. The van der Waals surface area contributed by atoms with Crippen LogP contribution in [-0.4, -0.2) is 53.6 Å². The van der Waals surface area contributed by atoms with Gasteiger partial charge in [0.1, 0.15) is 5.60 Å². The maximum absolute atomic E-state index is 12.1. The van der Waals surface area contributed by atoms with E-state index in [1.54, 1.807) is 4.90 Å². The molecule has 3 rings (SSSR count). The molecule has 21 heavy (non-hydrogen) atoms. The number of nitrogens with zero attached hydrogens (tertiary/aromatic N) is 1. The van der Waals surface area contributed by atoms with Crippen molar-refractivity contribution in [2.45, 2.75) is 64.3 Å². The van der Waals surface area contributed by atoms with Crippen LogP contribution >= 0.6 is 0 Å². The largest absolute Gasteiger partial charge is 0.444 e. The molecule has 1 N–H and O–H groups in total. The average Bonchev–Trinajstić information content (AvgIpc) is 2.92. The van der Waals surface area contributed by atoms with Crippen molar-refractivity contribution in [3.63, 3.8) is 0 Å². The molecule has 2 heterocycles. The lowest BCUT2D eigenvalue weighted by Crippen LogP contribution is -2.49. The molecule has 2 aliphatic heterocycles. The second-order valence-electron chi connectivity index (χ2n) is 7.85. The van der Waals surface area contributed by atoms with Gasteiger partial charge in [0.15, 0.2) is 0 Å². The first-order chi connectivity index (χ1) is 9.81. The molecular formula is C16H27NO4. The van der Waals surface area contributed by atoms with Gasteiger partial charge in [0, 0.05) is 24.4 Å². The molecule has 3 aliphatic rings. The zero-order valence-corrected chi connectivity index (χ0v) is 13.3. The molecule has 1 amide bonds. The predicted octanol–water partition coefficient (Wildman–Crippen LogP) is 2.17. The van der Waals surface area contributed by atoms with Gasteiger partial charge in [-0.05, 0) is 46.5 Å². The molecular weight excluding hydrogens is 270 g/mol. The second-order valence-corrected chi connectivity index (χ2v) is 7.85. The minimum absolute atomic E-state index is 0.0685. The van der Waals surface area contributed by atoms with E-state index in [9.17, 15) is 9.90 Å². The van der Waals surface area contributed by atoms with Crippen LogP contribution < -0.4 is 0 Å². The van der Waals surface area contributed by atoms with Crippen molar-refractivity contribution in [1.29, 1.82) is 0 Å². The SMILES string of the molecule is CC(C)(C)OC(=O)N1CCC2(CC1)COC1CCC(O)C12. The Morgan fingerprint density at radius 3 is 2.57 bits per heavy atom. The van der Waals surface area contributed by atoms with Crippen LogP contribution in [0.15, 0.2) is 0 Å². The van der Waals surface area contributed by atoms with E-state index < -0.39 is 5.60 Å². The van der Waals surface area contributed by atoms with Crippen molar-refractivity contribution >= 4 is 6.09 Å². The van der Waals surface area contributed by atoms with Crippen LogP contribution in [0.5, 0.6) is 0 Å². The van der Waals surface area contributed by atoms with Crippen LogP contribution in [0.4, 0.5) is 4.79 Å². The summed E-state index contributed by atoms with van der Waals surface area (Å²) in [5.74, 6) is 0.262. The van der Waals surface area contributed by atoms with Gasteiger partial charge < -0.3 is 19.5 Å². The Bertz CT molecular complexity index is 409. The normalized spacial score (nSPS) is 35.0. The van der Waals surface area contributed by atoms with E-state index in [0.717, 1.165) is 32.3 Å². The number of carbonyl (C=O) groups excluding carboxylic acids is 1. The summed E-state index contributed by atoms with van der Waals surface area (Å²) < 4.78 is 11.4. The lowest BCUT2D eigenvalue weighted by molar-refractivity contribution is -0.00997. The van der Waals surface area contributed by atoms with Gasteiger partial charge in [-0.3, -0.25) is 0 Å². The van der Waals surface area contributed by atoms with Crippen LogP contribution in [0, 0.1) is 11.3 Å². The summed E-state index contributed by atoms with van der Waals surface area (Å²) >= 11 is 0. The van der Waals surface area contributed by atoms with Crippen molar-refractivity contribution in [3.8, 4) is 0 Å². The van der Waals surface area contributed by atoms with Crippen molar-refractivity contribution in [1.82, 2.24) is 4.90 Å². The topological polar surface area (TPSA) is 59.0 Å². The van der Waals surface area contributed by atoms with Gasteiger partial charge >= 0.3 is 6.09 Å². The van der Waals surface area contributed by atoms with E-state index in [1.165, 1.54) is 0 Å². The Morgan fingerprint density at radius 2 is 1.95 bits per heavy atom. The fraction of sp³-hybridized carbons (Fsp3) is 0.938. The Kier molecular flexibility index (Phi) is 3.69. The minimum atomic E-state index is -0.449. The molecule has 1 spiro atoms. The number of ether oxygens (including phenoxy) is 2. The number of likely N-dealkylation sites (tertiary alicyclic amines) is 1. The maximum atomic E-state index is 12.1. The van der Waals surface area contributed by atoms with E-state index >= 15 is 0 Å². The first kappa shape index (κ1) is 15.1. The number of amides is 1. The number of fused-ring (bicyclic) bond motifs is 2. The lowest BCUT2D eigenvalue weighted by Gasteiger charge is -2.42. The van der Waals surface area contributed by atoms with E-state index in [0.29, 0.717) is 13.1 Å². The fourth-order valence-electron chi connectivity index (χ4n) is 4.24. The molecule has 120 valence electrons. The third-order valence-electron chi connectivity index (χ3n) is 5.26. The molecule has 3 fully saturated rings. The Morgan fingerprint density at radius 1 is 1.29 bits per heavy atom. The smallest absolute Gasteiger partial charge is 0.410 e. The summed E-state index contributed by atoms with van der Waals surface area (Å²) in [7, 11) is 0. The highest BCUT2D eigenvalue weighted by molar-refractivity contribution is 5.68. The van der Waals surface area contributed by atoms with E-state index in [-0.39, 0.29) is 29.6 Å². The van der Waals surface area contributed by atoms with Gasteiger partial charge in [0.25, 0.3) is 0 Å². The molecule has 3 atom stereocenters. The van der Waals surface area contributed by atoms with Crippen molar-refractivity contribution in [2.75, 3.05) is 19.7 Å². The highest BCUT2D eigenvalue weighted by Crippen LogP contribution is 2.52. The monoisotopic (exact) mass is 297 g/mol. The first-order valence-electron chi connectivity index (χ1n) is 8.08. The summed E-state index contributed by atoms with van der Waals surface area (Å²) in [5, 5.41) is 10.3. The lowest BCUT2D eigenvalue weighted by atomic mass is 9.68. The minimum Gasteiger partial charge on any atom is -0.444 e. The zero-order valence-electron chi connectivity index (χ0n) is 13.3. The molecule has 1 aliphatic carbocycles. The predicted molar refractivity (Wildman–Crippen MR) is 77.9 cm³/mol. The van der Waals surface area contributed by atoms with Gasteiger partial charge in [-0.2, -0.15) is 0 Å². The van der Waals surface area contributed by atoms with E-state index in [4.69, 9.17) is 9.47 Å². The summed E-state index contributed by atoms with van der Waals surface area (Å²) in [5.41, 5.74) is -0.380. The number of hydrogen-bond acceptors (Lipinski definition) is 4. The van der Waals surface area contributed by atoms with E-state index in [1.807, 2.05) is 20.8 Å². The Balaban J connectivity index is 1.61. The number of aliphatic hydroxyl groups excluding tert-OH is 1. The third kappa shape index (κ3) is 2.78. The van der Waals surface area contributed by atoms with Crippen LogP contribution in [0.3, 0.4) is 0 Å². The molecule has 0 bridgehead atoms. The summed E-state index contributed by atoms with van der Waals surface area (Å²) in [4.78, 5) is 13.9. The van der Waals surface area contributed by atoms with Crippen LogP contribution in [0.25, 0.3) is 0 Å². The Labute approximate surface area is 126 Å². The summed E-state index contributed by atoms with van der Waals surface area (Å²) in [6.45, 7) is 7.81. The second kappa shape index (κ2) is 5.13. The van der Waals surface area contributed by atoms with Crippen LogP contribution in [0.2, 0.25) is 0 Å². The number of hydrogen-bond donors (Lipinski definition) is 1. The summed E-state index contributed by atoms with van der Waals surface area (Å²) in [6, 6.07) is 0. The number of carbonyl (C=O) groups is 1. The highest BCUT2D eigenvalue weighted by Gasteiger charge is 2.56. The molecule has 3 unspecified atom stereocenters. The molecule has 5 heteroatoms. The maximum Gasteiger partial charge on any atom is 0.410 e. The third-order valence-corrected chi connectivity index (χ3v) is 5.26. The quantitative estimate of drug-likeness (QED) is 0.744. The van der Waals surface area contributed by atoms with Gasteiger partial charge in [-0.1, -0.05) is 0 Å². The van der Waals surface area contributed by atoms with Gasteiger partial charge in [-0.15, -0.1) is 0 Å². The molecule has 0 aromatic heterocycles. The Hall–Kier alpha value is -0.810. The van der Waals surface area contributed by atoms with Gasteiger partial charge in [0.05, 0.1) is 18.8 Å². The van der Waals surface area contributed by atoms with Crippen LogP contribution in [-0.2, 0) is 9.47 Å².